The van der Waals surface area contributed by atoms with Gasteiger partial charge in [0.25, 0.3) is 0 Å². The second-order valence-electron chi connectivity index (χ2n) is 9.34. The molecule has 0 saturated carbocycles. The highest BCUT2D eigenvalue weighted by Crippen LogP contribution is 2.33. The van der Waals surface area contributed by atoms with E-state index in [-0.39, 0.29) is 11.9 Å². The number of nitrogens with zero attached hydrogens (tertiary/aromatic N) is 5. The van der Waals surface area contributed by atoms with Crippen LogP contribution >= 0.6 is 0 Å². The maximum Gasteiger partial charge on any atom is 0.225 e. The van der Waals surface area contributed by atoms with Crippen molar-refractivity contribution < 1.29 is 5.11 Å². The molecule has 0 aromatic carbocycles. The van der Waals surface area contributed by atoms with Gasteiger partial charge in [-0.15, -0.1) is 0 Å². The molecule has 0 aliphatic carbocycles. The van der Waals surface area contributed by atoms with E-state index in [4.69, 9.17) is 15.2 Å². The minimum atomic E-state index is -0.0316. The molecule has 0 amide bonds. The quantitative estimate of drug-likeness (QED) is 0.357. The third kappa shape index (κ3) is 5.26. The zero-order valence-corrected chi connectivity index (χ0v) is 19.1. The van der Waals surface area contributed by atoms with Crippen LogP contribution in [-0.4, -0.2) is 48.4 Å². The van der Waals surface area contributed by atoms with Crippen LogP contribution in [-0.2, 0) is 0 Å². The van der Waals surface area contributed by atoms with Crippen molar-refractivity contribution in [3.8, 4) is 23.2 Å². The third-order valence-corrected chi connectivity index (χ3v) is 6.57. The van der Waals surface area contributed by atoms with E-state index >= 15 is 0 Å². The summed E-state index contributed by atoms with van der Waals surface area (Å²) >= 11 is 0. The molecule has 10 nitrogen and oxygen atoms in total. The Balaban J connectivity index is 1.35. The summed E-state index contributed by atoms with van der Waals surface area (Å²) in [5.74, 6) is 2.45. The molecule has 34 heavy (non-hydrogen) atoms. The van der Waals surface area contributed by atoms with E-state index in [9.17, 15) is 5.11 Å². The van der Waals surface area contributed by atoms with Gasteiger partial charge in [0, 0.05) is 60.2 Å². The molecule has 5 rings (SSSR count). The number of aromatic hydroxyl groups is 1. The number of aromatic amines is 1. The lowest BCUT2D eigenvalue weighted by Gasteiger charge is -2.43. The molecule has 5 N–H and O–H groups in total. The van der Waals surface area contributed by atoms with E-state index in [1.54, 1.807) is 18.3 Å². The molecule has 2 aliphatic rings. The fourth-order valence-corrected chi connectivity index (χ4v) is 5.16. The molecule has 176 valence electrons. The number of nitriles is 1. The second-order valence-corrected chi connectivity index (χ2v) is 9.34. The van der Waals surface area contributed by atoms with Crippen molar-refractivity contribution in [1.82, 2.24) is 30.5 Å². The Morgan fingerprint density at radius 2 is 1.94 bits per heavy atom. The molecule has 2 atom stereocenters. The molecule has 0 spiro atoms. The number of hydrogen-bond donors (Lipinski definition) is 5. The molecular formula is C24H29N9O. The average Bonchev–Trinajstić information content (AvgIpc) is 3.21. The standard InChI is InChI=1S/C24H29N9O/c1-14-7-22(33-32-14)30-21-12-20(16-4-5-23(34)26-13-16)29-24(31-21)28-19-10-17-8-15(3-2-6-25)9-18(11-19)27-17/h4-5,7,12-13,15,17-19,27H,2-3,8-11H2,1H3,(H,26,34)(H3,28,29,30,31,32,33). The Labute approximate surface area is 198 Å². The van der Waals surface area contributed by atoms with Gasteiger partial charge < -0.3 is 21.1 Å². The number of anilines is 3. The van der Waals surface area contributed by atoms with E-state index in [2.05, 4.69) is 37.2 Å². The van der Waals surface area contributed by atoms with Gasteiger partial charge >= 0.3 is 0 Å². The number of hydrogen-bond acceptors (Lipinski definition) is 9. The topological polar surface area (TPSA) is 147 Å². The first-order valence-electron chi connectivity index (χ1n) is 11.8. The van der Waals surface area contributed by atoms with E-state index in [1.165, 1.54) is 0 Å². The normalized spacial score (nSPS) is 23.8. The van der Waals surface area contributed by atoms with Crippen molar-refractivity contribution in [3.63, 3.8) is 0 Å². The van der Waals surface area contributed by atoms with Gasteiger partial charge in [-0.2, -0.15) is 15.3 Å². The number of piperidine rings is 2. The molecule has 10 heteroatoms. The van der Waals surface area contributed by atoms with E-state index in [1.807, 2.05) is 19.1 Å². The van der Waals surface area contributed by atoms with Crippen molar-refractivity contribution in [2.45, 2.75) is 63.6 Å². The van der Waals surface area contributed by atoms with Gasteiger partial charge in [0.1, 0.15) is 5.82 Å². The Morgan fingerprint density at radius 3 is 2.62 bits per heavy atom. The maximum absolute atomic E-state index is 9.57. The lowest BCUT2D eigenvalue weighted by molar-refractivity contribution is 0.171. The molecule has 3 aromatic heterocycles. The van der Waals surface area contributed by atoms with Crippen LogP contribution in [0.15, 0.2) is 30.5 Å². The smallest absolute Gasteiger partial charge is 0.225 e. The van der Waals surface area contributed by atoms with Crippen LogP contribution in [0.2, 0.25) is 0 Å². The molecule has 2 unspecified atom stereocenters. The molecular weight excluding hydrogens is 430 g/mol. The Hall–Kier alpha value is -3.71. The number of aromatic nitrogens is 5. The van der Waals surface area contributed by atoms with Gasteiger partial charge in [-0.3, -0.25) is 5.10 Å². The van der Waals surface area contributed by atoms with Crippen LogP contribution in [0.4, 0.5) is 17.6 Å². The number of aryl methyl sites for hydroxylation is 1. The summed E-state index contributed by atoms with van der Waals surface area (Å²) in [5.41, 5.74) is 2.43. The summed E-state index contributed by atoms with van der Waals surface area (Å²) in [6.07, 6.45) is 7.45. The lowest BCUT2D eigenvalue weighted by atomic mass is 9.77. The minimum absolute atomic E-state index is 0.0316. The van der Waals surface area contributed by atoms with Crippen LogP contribution in [0.5, 0.6) is 5.88 Å². The van der Waals surface area contributed by atoms with E-state index < -0.39 is 0 Å². The Morgan fingerprint density at radius 1 is 1.12 bits per heavy atom. The SMILES string of the molecule is Cc1cc(Nc2cc(-c3ccc(O)nc3)nc(NC3CC4CC(CCC#N)CC(C3)N4)n2)n[nH]1. The predicted octanol–water partition coefficient (Wildman–Crippen LogP) is 3.63. The van der Waals surface area contributed by atoms with Gasteiger partial charge in [0.2, 0.25) is 11.8 Å². The number of H-pyrrole nitrogens is 1. The van der Waals surface area contributed by atoms with Gasteiger partial charge in [-0.25, -0.2) is 9.97 Å². The molecule has 2 aliphatic heterocycles. The van der Waals surface area contributed by atoms with Crippen molar-refractivity contribution in [3.05, 3.63) is 36.2 Å². The van der Waals surface area contributed by atoms with Crippen LogP contribution in [0.25, 0.3) is 11.3 Å². The molecule has 2 fully saturated rings. The highest BCUT2D eigenvalue weighted by atomic mass is 16.3. The summed E-state index contributed by atoms with van der Waals surface area (Å²) < 4.78 is 0. The predicted molar refractivity (Wildman–Crippen MR) is 128 cm³/mol. The zero-order chi connectivity index (χ0) is 23.5. The van der Waals surface area contributed by atoms with E-state index in [0.29, 0.717) is 47.7 Å². The zero-order valence-electron chi connectivity index (χ0n) is 19.1. The average molecular weight is 460 g/mol. The maximum atomic E-state index is 9.57. The van der Waals surface area contributed by atoms with Crippen molar-refractivity contribution >= 4 is 17.6 Å². The monoisotopic (exact) mass is 459 g/mol. The first kappa shape index (κ1) is 22.1. The fraction of sp³-hybridized carbons (Fsp3) is 0.458. The number of rotatable bonds is 7. The first-order valence-corrected chi connectivity index (χ1v) is 11.8. The van der Waals surface area contributed by atoms with Crippen molar-refractivity contribution in [1.29, 1.82) is 5.26 Å². The molecule has 2 saturated heterocycles. The van der Waals surface area contributed by atoms with Crippen LogP contribution in [0.1, 0.15) is 44.2 Å². The Kier molecular flexibility index (Phi) is 6.27. The molecule has 5 heterocycles. The van der Waals surface area contributed by atoms with Crippen LogP contribution in [0.3, 0.4) is 0 Å². The summed E-state index contributed by atoms with van der Waals surface area (Å²) in [6, 6.07) is 10.5. The van der Waals surface area contributed by atoms with Crippen LogP contribution in [0, 0.1) is 24.2 Å². The third-order valence-electron chi connectivity index (χ3n) is 6.57. The van der Waals surface area contributed by atoms with Gasteiger partial charge in [-0.05, 0) is 51.0 Å². The molecule has 3 aromatic rings. The fourth-order valence-electron chi connectivity index (χ4n) is 5.16. The van der Waals surface area contributed by atoms with Crippen LogP contribution < -0.4 is 16.0 Å². The summed E-state index contributed by atoms with van der Waals surface area (Å²) in [6.45, 7) is 1.94. The molecule has 0 radical (unpaired) electrons. The first-order chi connectivity index (χ1) is 16.5. The molecule has 2 bridgehead atoms. The van der Waals surface area contributed by atoms with Crippen molar-refractivity contribution in [2.75, 3.05) is 10.6 Å². The number of pyridine rings is 1. The van der Waals surface area contributed by atoms with E-state index in [0.717, 1.165) is 43.4 Å². The lowest BCUT2D eigenvalue weighted by Crippen LogP contribution is -2.54. The summed E-state index contributed by atoms with van der Waals surface area (Å²) in [7, 11) is 0. The minimum Gasteiger partial charge on any atom is -0.493 e. The van der Waals surface area contributed by atoms with Gasteiger partial charge in [0.15, 0.2) is 5.82 Å². The number of fused-ring (bicyclic) bond motifs is 2. The van der Waals surface area contributed by atoms with Crippen molar-refractivity contribution in [2.24, 2.45) is 5.92 Å². The largest absolute Gasteiger partial charge is 0.493 e. The van der Waals surface area contributed by atoms with Gasteiger partial charge in [0.05, 0.1) is 11.8 Å². The Bertz CT molecular complexity index is 1160. The van der Waals surface area contributed by atoms with Gasteiger partial charge in [-0.1, -0.05) is 0 Å². The highest BCUT2D eigenvalue weighted by molar-refractivity contribution is 5.66. The summed E-state index contributed by atoms with van der Waals surface area (Å²) in [4.78, 5) is 13.5. The summed E-state index contributed by atoms with van der Waals surface area (Å²) in [5, 5.41) is 36.2. The number of nitrogens with one attached hydrogen (secondary N) is 4. The second kappa shape index (κ2) is 9.65. The highest BCUT2D eigenvalue weighted by Gasteiger charge is 2.35.